The van der Waals surface area contributed by atoms with Crippen LogP contribution < -0.4 is 5.32 Å². The predicted molar refractivity (Wildman–Crippen MR) is 41.5 cm³/mol. The fraction of sp³-hybridized carbons (Fsp3) is 0.667. The number of carbonyl (C=O) groups is 2. The molecule has 11 heavy (non-hydrogen) atoms. The van der Waals surface area contributed by atoms with E-state index in [1.165, 1.54) is 11.8 Å². The molecule has 0 radical (unpaired) electrons. The molecule has 1 fully saturated rings. The Morgan fingerprint density at radius 1 is 1.82 bits per heavy atom. The van der Waals surface area contributed by atoms with Crippen LogP contribution in [0.1, 0.15) is 6.42 Å². The van der Waals surface area contributed by atoms with E-state index in [1.807, 2.05) is 0 Å². The van der Waals surface area contributed by atoms with Crippen molar-refractivity contribution in [3.05, 3.63) is 0 Å². The lowest BCUT2D eigenvalue weighted by Gasteiger charge is -2.19. The van der Waals surface area contributed by atoms with Gasteiger partial charge in [0.05, 0.1) is 11.7 Å². The first-order valence-electron chi connectivity index (χ1n) is 3.31. The van der Waals surface area contributed by atoms with Gasteiger partial charge in [0, 0.05) is 12.3 Å². The molecule has 0 aromatic heterocycles. The topological polar surface area (TPSA) is 66.4 Å². The molecular formula is C6H9NO3S. The van der Waals surface area contributed by atoms with Crippen molar-refractivity contribution in [2.75, 3.05) is 12.3 Å². The highest BCUT2D eigenvalue weighted by atomic mass is 32.2. The standard InChI is InChI=1S/C6H9NO3S/c8-5(9)3-4-6(10)7-1-2-11-4/h4H,1-3H2,(H,7,10)(H,8,9). The quantitative estimate of drug-likeness (QED) is 0.604. The van der Waals surface area contributed by atoms with Gasteiger partial charge in [0.2, 0.25) is 5.91 Å². The van der Waals surface area contributed by atoms with Crippen LogP contribution in [0.25, 0.3) is 0 Å². The summed E-state index contributed by atoms with van der Waals surface area (Å²) in [4.78, 5) is 21.2. The molecule has 1 atom stereocenters. The smallest absolute Gasteiger partial charge is 0.305 e. The molecule has 1 heterocycles. The zero-order valence-electron chi connectivity index (χ0n) is 5.87. The SMILES string of the molecule is O=C(O)CC1SCCNC1=O. The van der Waals surface area contributed by atoms with Crippen LogP contribution in [0.15, 0.2) is 0 Å². The number of hydrogen-bond acceptors (Lipinski definition) is 3. The zero-order chi connectivity index (χ0) is 8.27. The van der Waals surface area contributed by atoms with E-state index in [0.29, 0.717) is 6.54 Å². The molecule has 1 rings (SSSR count). The van der Waals surface area contributed by atoms with Gasteiger partial charge in [0.25, 0.3) is 0 Å². The van der Waals surface area contributed by atoms with Crippen LogP contribution in [0.2, 0.25) is 0 Å². The van der Waals surface area contributed by atoms with Crippen LogP contribution in [0.4, 0.5) is 0 Å². The summed E-state index contributed by atoms with van der Waals surface area (Å²) in [5.41, 5.74) is 0. The third-order valence-corrected chi connectivity index (χ3v) is 2.60. The van der Waals surface area contributed by atoms with Crippen LogP contribution in [0.3, 0.4) is 0 Å². The van der Waals surface area contributed by atoms with Crippen molar-refractivity contribution in [1.82, 2.24) is 5.32 Å². The lowest BCUT2D eigenvalue weighted by atomic mass is 10.3. The van der Waals surface area contributed by atoms with E-state index in [-0.39, 0.29) is 17.6 Å². The van der Waals surface area contributed by atoms with Crippen LogP contribution in [-0.2, 0) is 9.59 Å². The first-order chi connectivity index (χ1) is 5.20. The van der Waals surface area contributed by atoms with E-state index < -0.39 is 5.97 Å². The minimum atomic E-state index is -0.917. The maximum Gasteiger partial charge on any atom is 0.305 e. The fourth-order valence-electron chi connectivity index (χ4n) is 0.875. The van der Waals surface area contributed by atoms with Gasteiger partial charge in [-0.3, -0.25) is 9.59 Å². The number of carboxylic acids is 1. The van der Waals surface area contributed by atoms with Crippen molar-refractivity contribution in [1.29, 1.82) is 0 Å². The second-order valence-electron chi connectivity index (χ2n) is 2.25. The molecule has 4 nitrogen and oxygen atoms in total. The fourth-order valence-corrected chi connectivity index (χ4v) is 1.87. The Kier molecular flexibility index (Phi) is 2.76. The van der Waals surface area contributed by atoms with E-state index in [9.17, 15) is 9.59 Å². The molecule has 0 aliphatic carbocycles. The second kappa shape index (κ2) is 3.61. The summed E-state index contributed by atoms with van der Waals surface area (Å²) < 4.78 is 0. The molecule has 0 aromatic carbocycles. The molecule has 1 saturated heterocycles. The largest absolute Gasteiger partial charge is 0.481 e. The van der Waals surface area contributed by atoms with Crippen molar-refractivity contribution in [3.8, 4) is 0 Å². The zero-order valence-corrected chi connectivity index (χ0v) is 6.69. The highest BCUT2D eigenvalue weighted by molar-refractivity contribution is 8.00. The maximum atomic E-state index is 10.9. The molecule has 1 unspecified atom stereocenters. The first kappa shape index (κ1) is 8.39. The van der Waals surface area contributed by atoms with Crippen molar-refractivity contribution >= 4 is 23.6 Å². The third-order valence-electron chi connectivity index (χ3n) is 1.37. The molecule has 0 spiro atoms. The summed E-state index contributed by atoms with van der Waals surface area (Å²) in [5.74, 6) is -0.257. The molecule has 1 aliphatic rings. The van der Waals surface area contributed by atoms with Crippen LogP contribution in [0.5, 0.6) is 0 Å². The van der Waals surface area contributed by atoms with Crippen LogP contribution in [-0.4, -0.2) is 34.5 Å². The molecule has 0 bridgehead atoms. The van der Waals surface area contributed by atoms with Crippen molar-refractivity contribution in [2.24, 2.45) is 0 Å². The third kappa shape index (κ3) is 2.42. The Morgan fingerprint density at radius 3 is 3.09 bits per heavy atom. The number of hydrogen-bond donors (Lipinski definition) is 2. The normalized spacial score (nSPS) is 24.4. The summed E-state index contributed by atoms with van der Waals surface area (Å²) in [6.45, 7) is 0.652. The number of aliphatic carboxylic acids is 1. The lowest BCUT2D eigenvalue weighted by molar-refractivity contribution is -0.138. The summed E-state index contributed by atoms with van der Waals surface area (Å²) in [7, 11) is 0. The van der Waals surface area contributed by atoms with Crippen molar-refractivity contribution < 1.29 is 14.7 Å². The van der Waals surface area contributed by atoms with Gasteiger partial charge in [-0.1, -0.05) is 0 Å². The minimum absolute atomic E-state index is 0.0729. The van der Waals surface area contributed by atoms with Crippen molar-refractivity contribution in [3.63, 3.8) is 0 Å². The highest BCUT2D eigenvalue weighted by Crippen LogP contribution is 2.17. The van der Waals surface area contributed by atoms with Gasteiger partial charge >= 0.3 is 5.97 Å². The molecule has 1 amide bonds. The van der Waals surface area contributed by atoms with Gasteiger partial charge in [-0.05, 0) is 0 Å². The Bertz CT molecular complexity index is 183. The second-order valence-corrected chi connectivity index (χ2v) is 3.56. The van der Waals surface area contributed by atoms with Crippen molar-refractivity contribution in [2.45, 2.75) is 11.7 Å². The number of carbonyl (C=O) groups excluding carboxylic acids is 1. The Labute approximate surface area is 68.3 Å². The molecule has 62 valence electrons. The summed E-state index contributed by atoms with van der Waals surface area (Å²) in [5, 5.41) is 10.6. The minimum Gasteiger partial charge on any atom is -0.481 e. The lowest BCUT2D eigenvalue weighted by Crippen LogP contribution is -2.40. The molecule has 0 aromatic rings. The van der Waals surface area contributed by atoms with Crippen LogP contribution >= 0.6 is 11.8 Å². The molecular weight excluding hydrogens is 166 g/mol. The van der Waals surface area contributed by atoms with Gasteiger partial charge < -0.3 is 10.4 Å². The Balaban J connectivity index is 2.42. The monoisotopic (exact) mass is 175 g/mol. The summed E-state index contributed by atoms with van der Waals surface area (Å²) in [6, 6.07) is 0. The van der Waals surface area contributed by atoms with Gasteiger partial charge in [-0.15, -0.1) is 11.8 Å². The Hall–Kier alpha value is -0.710. The average molecular weight is 175 g/mol. The van der Waals surface area contributed by atoms with Gasteiger partial charge in [-0.2, -0.15) is 0 Å². The van der Waals surface area contributed by atoms with E-state index in [0.717, 1.165) is 5.75 Å². The number of amides is 1. The molecule has 0 saturated carbocycles. The first-order valence-corrected chi connectivity index (χ1v) is 4.36. The Morgan fingerprint density at radius 2 is 2.55 bits per heavy atom. The predicted octanol–water partition coefficient (Wildman–Crippen LogP) is -0.307. The maximum absolute atomic E-state index is 10.9. The molecule has 2 N–H and O–H groups in total. The van der Waals surface area contributed by atoms with Gasteiger partial charge in [0.1, 0.15) is 0 Å². The molecule has 5 heteroatoms. The summed E-state index contributed by atoms with van der Waals surface area (Å²) in [6.07, 6.45) is -0.0729. The average Bonchev–Trinajstić information content (AvgIpc) is 1.93. The van der Waals surface area contributed by atoms with Gasteiger partial charge in [-0.25, -0.2) is 0 Å². The number of thioether (sulfide) groups is 1. The number of carboxylic acid groups (broad SMARTS) is 1. The number of nitrogens with one attached hydrogen (secondary N) is 1. The van der Waals surface area contributed by atoms with Crippen LogP contribution in [0, 0.1) is 0 Å². The highest BCUT2D eigenvalue weighted by Gasteiger charge is 2.24. The van der Waals surface area contributed by atoms with E-state index in [2.05, 4.69) is 5.32 Å². The van der Waals surface area contributed by atoms with E-state index in [1.54, 1.807) is 0 Å². The summed E-state index contributed by atoms with van der Waals surface area (Å²) >= 11 is 1.41. The number of rotatable bonds is 2. The van der Waals surface area contributed by atoms with E-state index in [4.69, 9.17) is 5.11 Å². The van der Waals surface area contributed by atoms with Gasteiger partial charge in [0.15, 0.2) is 0 Å². The molecule has 1 aliphatic heterocycles. The van der Waals surface area contributed by atoms with E-state index >= 15 is 0 Å².